The summed E-state index contributed by atoms with van der Waals surface area (Å²) in [7, 11) is 3.81. The summed E-state index contributed by atoms with van der Waals surface area (Å²) in [5.41, 5.74) is 0.482. The minimum absolute atomic E-state index is 0.0890. The molecule has 27 heavy (non-hydrogen) atoms. The molecule has 8 nitrogen and oxygen atoms in total. The Morgan fingerprint density at radius 2 is 2.15 bits per heavy atom. The van der Waals surface area contributed by atoms with Gasteiger partial charge in [-0.1, -0.05) is 0 Å². The minimum atomic E-state index is -0.116. The van der Waals surface area contributed by atoms with E-state index in [1.54, 1.807) is 29.3 Å². The summed E-state index contributed by atoms with van der Waals surface area (Å²) in [6.45, 7) is 3.52. The van der Waals surface area contributed by atoms with Gasteiger partial charge in [-0.3, -0.25) is 4.79 Å². The molecule has 1 atom stereocenters. The third-order valence-corrected chi connectivity index (χ3v) is 4.32. The number of likely N-dealkylation sites (tertiary alicyclic amines) is 1. The number of hydrogen-bond donors (Lipinski definition) is 0. The van der Waals surface area contributed by atoms with Crippen LogP contribution in [0.4, 0.5) is 5.82 Å². The van der Waals surface area contributed by atoms with Gasteiger partial charge in [0, 0.05) is 32.9 Å². The number of ether oxygens (including phenoxy) is 2. The van der Waals surface area contributed by atoms with E-state index in [0.29, 0.717) is 37.0 Å². The molecule has 1 saturated heterocycles. The number of nitrogens with zero attached hydrogens (tertiary/aromatic N) is 5. The number of amides is 1. The Kier molecular flexibility index (Phi) is 6.05. The van der Waals surface area contributed by atoms with Crippen LogP contribution in [0.1, 0.15) is 30.1 Å². The monoisotopic (exact) mass is 371 g/mol. The molecule has 144 valence electrons. The number of piperidine rings is 1. The van der Waals surface area contributed by atoms with Crippen LogP contribution in [0, 0.1) is 0 Å². The summed E-state index contributed by atoms with van der Waals surface area (Å²) >= 11 is 0. The van der Waals surface area contributed by atoms with Crippen molar-refractivity contribution < 1.29 is 14.3 Å². The highest BCUT2D eigenvalue weighted by Gasteiger charge is 2.28. The Morgan fingerprint density at radius 3 is 2.85 bits per heavy atom. The van der Waals surface area contributed by atoms with Crippen molar-refractivity contribution in [3.63, 3.8) is 0 Å². The number of pyridine rings is 1. The van der Waals surface area contributed by atoms with Crippen LogP contribution in [0.3, 0.4) is 0 Å². The average Bonchev–Trinajstić information content (AvgIpc) is 2.69. The number of rotatable bonds is 6. The predicted molar refractivity (Wildman–Crippen MR) is 101 cm³/mol. The molecule has 3 rings (SSSR count). The van der Waals surface area contributed by atoms with Crippen LogP contribution in [-0.2, 0) is 0 Å². The molecule has 2 aromatic rings. The van der Waals surface area contributed by atoms with E-state index in [0.717, 1.165) is 18.7 Å². The molecule has 1 fully saturated rings. The molecule has 8 heteroatoms. The van der Waals surface area contributed by atoms with Gasteiger partial charge >= 0.3 is 0 Å². The van der Waals surface area contributed by atoms with Gasteiger partial charge in [0.2, 0.25) is 11.8 Å². The lowest BCUT2D eigenvalue weighted by Crippen LogP contribution is -2.44. The quantitative estimate of drug-likeness (QED) is 0.768. The molecule has 0 N–H and O–H groups in total. The van der Waals surface area contributed by atoms with E-state index in [1.165, 1.54) is 0 Å². The van der Waals surface area contributed by atoms with E-state index in [1.807, 2.05) is 32.0 Å². The summed E-state index contributed by atoms with van der Waals surface area (Å²) in [4.78, 5) is 20.8. The standard InChI is InChI=1S/C19H25N5O3/c1-4-26-18-15(8-5-11-20-18)19(25)24-12-6-7-14(13-24)27-17-10-9-16(21-22-17)23(2)3/h5,8-11,14H,4,6-7,12-13H2,1-3H3. The summed E-state index contributed by atoms with van der Waals surface area (Å²) in [5.74, 6) is 1.52. The van der Waals surface area contributed by atoms with Gasteiger partial charge in [-0.05, 0) is 38.0 Å². The lowest BCUT2D eigenvalue weighted by atomic mass is 10.1. The molecule has 0 saturated carbocycles. The molecule has 3 heterocycles. The zero-order valence-corrected chi connectivity index (χ0v) is 16.0. The fourth-order valence-electron chi connectivity index (χ4n) is 2.98. The van der Waals surface area contributed by atoms with E-state index in [-0.39, 0.29) is 12.0 Å². The van der Waals surface area contributed by atoms with E-state index in [2.05, 4.69) is 15.2 Å². The van der Waals surface area contributed by atoms with Crippen LogP contribution in [-0.4, -0.2) is 65.9 Å². The van der Waals surface area contributed by atoms with Gasteiger partial charge < -0.3 is 19.3 Å². The van der Waals surface area contributed by atoms with Crippen molar-refractivity contribution in [2.45, 2.75) is 25.9 Å². The molecule has 2 aromatic heterocycles. The Balaban J connectivity index is 1.66. The van der Waals surface area contributed by atoms with Crippen LogP contribution in [0.5, 0.6) is 11.8 Å². The topological polar surface area (TPSA) is 80.7 Å². The number of carbonyl (C=O) groups is 1. The molecule has 0 radical (unpaired) electrons. The molecule has 0 aromatic carbocycles. The molecule has 1 amide bonds. The Labute approximate surface area is 159 Å². The van der Waals surface area contributed by atoms with E-state index < -0.39 is 0 Å². The third kappa shape index (κ3) is 4.64. The first kappa shape index (κ1) is 18.9. The minimum Gasteiger partial charge on any atom is -0.477 e. The lowest BCUT2D eigenvalue weighted by Gasteiger charge is -2.32. The smallest absolute Gasteiger partial charge is 0.259 e. The number of carbonyl (C=O) groups excluding carboxylic acids is 1. The largest absolute Gasteiger partial charge is 0.477 e. The second-order valence-electron chi connectivity index (χ2n) is 6.55. The number of aromatic nitrogens is 3. The van der Waals surface area contributed by atoms with Gasteiger partial charge in [0.1, 0.15) is 11.7 Å². The predicted octanol–water partition coefficient (Wildman–Crippen LogP) is 2.02. The molecule has 1 unspecified atom stereocenters. The normalized spacial score (nSPS) is 16.7. The van der Waals surface area contributed by atoms with Gasteiger partial charge in [0.15, 0.2) is 5.82 Å². The third-order valence-electron chi connectivity index (χ3n) is 4.32. The van der Waals surface area contributed by atoms with Crippen LogP contribution >= 0.6 is 0 Å². The van der Waals surface area contributed by atoms with Crippen LogP contribution in [0.25, 0.3) is 0 Å². The molecular formula is C19H25N5O3. The van der Waals surface area contributed by atoms with Crippen molar-refractivity contribution in [3.05, 3.63) is 36.0 Å². The SMILES string of the molecule is CCOc1ncccc1C(=O)N1CCCC(Oc2ccc(N(C)C)nn2)C1. The van der Waals surface area contributed by atoms with E-state index >= 15 is 0 Å². The Hall–Kier alpha value is -2.90. The summed E-state index contributed by atoms with van der Waals surface area (Å²) in [5, 5.41) is 8.24. The zero-order valence-electron chi connectivity index (χ0n) is 16.0. The first-order valence-electron chi connectivity index (χ1n) is 9.13. The van der Waals surface area contributed by atoms with Gasteiger partial charge in [-0.15, -0.1) is 10.2 Å². The van der Waals surface area contributed by atoms with Crippen molar-refractivity contribution in [2.75, 3.05) is 38.7 Å². The zero-order chi connectivity index (χ0) is 19.2. The molecule has 0 bridgehead atoms. The van der Waals surface area contributed by atoms with Crippen molar-refractivity contribution in [1.29, 1.82) is 0 Å². The lowest BCUT2D eigenvalue weighted by molar-refractivity contribution is 0.0521. The highest BCUT2D eigenvalue weighted by atomic mass is 16.5. The summed E-state index contributed by atoms with van der Waals surface area (Å²) in [6, 6.07) is 7.15. The van der Waals surface area contributed by atoms with Crippen molar-refractivity contribution in [3.8, 4) is 11.8 Å². The molecule has 0 aliphatic carbocycles. The molecular weight excluding hydrogens is 346 g/mol. The van der Waals surface area contributed by atoms with E-state index in [4.69, 9.17) is 9.47 Å². The average molecular weight is 371 g/mol. The Bertz CT molecular complexity index is 766. The first-order chi connectivity index (χ1) is 13.1. The van der Waals surface area contributed by atoms with Crippen molar-refractivity contribution >= 4 is 11.7 Å². The highest BCUT2D eigenvalue weighted by molar-refractivity contribution is 5.96. The Morgan fingerprint density at radius 1 is 1.30 bits per heavy atom. The fourth-order valence-corrected chi connectivity index (χ4v) is 2.98. The van der Waals surface area contributed by atoms with E-state index in [9.17, 15) is 4.79 Å². The maximum absolute atomic E-state index is 12.9. The maximum atomic E-state index is 12.9. The summed E-state index contributed by atoms with van der Waals surface area (Å²) in [6.07, 6.45) is 3.24. The van der Waals surface area contributed by atoms with Gasteiger partial charge in [0.05, 0.1) is 13.2 Å². The molecule has 1 aliphatic heterocycles. The van der Waals surface area contributed by atoms with Crippen molar-refractivity contribution in [2.24, 2.45) is 0 Å². The number of hydrogen-bond acceptors (Lipinski definition) is 7. The molecule has 1 aliphatic rings. The molecule has 0 spiro atoms. The highest BCUT2D eigenvalue weighted by Crippen LogP contribution is 2.22. The van der Waals surface area contributed by atoms with Crippen molar-refractivity contribution in [1.82, 2.24) is 20.1 Å². The van der Waals surface area contributed by atoms with Gasteiger partial charge in [-0.2, -0.15) is 0 Å². The maximum Gasteiger partial charge on any atom is 0.259 e. The fraction of sp³-hybridized carbons (Fsp3) is 0.474. The van der Waals surface area contributed by atoms with Gasteiger partial charge in [0.25, 0.3) is 5.91 Å². The second kappa shape index (κ2) is 8.66. The number of anilines is 1. The first-order valence-corrected chi connectivity index (χ1v) is 9.13. The van der Waals surface area contributed by atoms with Crippen LogP contribution in [0.2, 0.25) is 0 Å². The van der Waals surface area contributed by atoms with Crippen LogP contribution < -0.4 is 14.4 Å². The second-order valence-corrected chi connectivity index (χ2v) is 6.55. The van der Waals surface area contributed by atoms with Gasteiger partial charge in [-0.25, -0.2) is 4.98 Å². The summed E-state index contributed by atoms with van der Waals surface area (Å²) < 4.78 is 11.4. The van der Waals surface area contributed by atoms with Crippen LogP contribution in [0.15, 0.2) is 30.5 Å².